The van der Waals surface area contributed by atoms with Crippen molar-refractivity contribution < 1.29 is 4.74 Å². The summed E-state index contributed by atoms with van der Waals surface area (Å²) in [6, 6.07) is 8.57. The molecule has 19 heavy (non-hydrogen) atoms. The lowest BCUT2D eigenvalue weighted by atomic mass is 10.0. The molecule has 0 radical (unpaired) electrons. The minimum Gasteiger partial charge on any atom is -0.488 e. The predicted octanol–water partition coefficient (Wildman–Crippen LogP) is 3.92. The van der Waals surface area contributed by atoms with Crippen LogP contribution in [0.25, 0.3) is 0 Å². The molecule has 1 aromatic heterocycles. The minimum atomic E-state index is 0.199. The standard InChI is InChI=1S/C16H21NOS/c1-3-15(17)9-14-6-4-5-12(2)16(14)18-10-13-7-8-19-11-13/h4-8,11,15H,3,9-10,17H2,1-2H3. The van der Waals surface area contributed by atoms with E-state index in [1.54, 1.807) is 11.3 Å². The molecule has 0 saturated carbocycles. The number of para-hydroxylation sites is 1. The summed E-state index contributed by atoms with van der Waals surface area (Å²) < 4.78 is 6.01. The van der Waals surface area contributed by atoms with Gasteiger partial charge in [0.05, 0.1) is 0 Å². The van der Waals surface area contributed by atoms with E-state index in [-0.39, 0.29) is 6.04 Å². The number of benzene rings is 1. The van der Waals surface area contributed by atoms with E-state index in [9.17, 15) is 0 Å². The van der Waals surface area contributed by atoms with Crippen LogP contribution in [0.3, 0.4) is 0 Å². The van der Waals surface area contributed by atoms with Gasteiger partial charge in [-0.15, -0.1) is 0 Å². The molecule has 2 aromatic rings. The molecule has 0 aliphatic carbocycles. The van der Waals surface area contributed by atoms with Gasteiger partial charge in [0.2, 0.25) is 0 Å². The predicted molar refractivity (Wildman–Crippen MR) is 81.8 cm³/mol. The van der Waals surface area contributed by atoms with Crippen molar-refractivity contribution in [2.24, 2.45) is 5.73 Å². The molecule has 2 rings (SSSR count). The van der Waals surface area contributed by atoms with Gasteiger partial charge in [0.25, 0.3) is 0 Å². The Morgan fingerprint density at radius 3 is 2.84 bits per heavy atom. The first-order valence-corrected chi connectivity index (χ1v) is 7.63. The van der Waals surface area contributed by atoms with Gasteiger partial charge in [0, 0.05) is 6.04 Å². The number of aryl methyl sites for hydroxylation is 1. The topological polar surface area (TPSA) is 35.2 Å². The minimum absolute atomic E-state index is 0.199. The lowest BCUT2D eigenvalue weighted by Gasteiger charge is -2.16. The molecule has 0 amide bonds. The molecule has 0 spiro atoms. The van der Waals surface area contributed by atoms with Gasteiger partial charge in [-0.1, -0.05) is 25.1 Å². The quantitative estimate of drug-likeness (QED) is 0.867. The first kappa shape index (κ1) is 14.1. The van der Waals surface area contributed by atoms with E-state index in [1.807, 2.05) is 0 Å². The highest BCUT2D eigenvalue weighted by atomic mass is 32.1. The number of hydrogen-bond acceptors (Lipinski definition) is 3. The maximum Gasteiger partial charge on any atom is 0.125 e. The zero-order valence-corrected chi connectivity index (χ0v) is 12.4. The molecule has 1 heterocycles. The van der Waals surface area contributed by atoms with E-state index in [2.05, 4.69) is 48.9 Å². The van der Waals surface area contributed by atoms with Gasteiger partial charge in [0.1, 0.15) is 12.4 Å². The summed E-state index contributed by atoms with van der Waals surface area (Å²) in [5.74, 6) is 0.998. The van der Waals surface area contributed by atoms with Crippen molar-refractivity contribution in [2.45, 2.75) is 39.3 Å². The first-order chi connectivity index (χ1) is 9.20. The van der Waals surface area contributed by atoms with Crippen LogP contribution in [0.4, 0.5) is 0 Å². The third-order valence-corrected chi connectivity index (χ3v) is 4.00. The Morgan fingerprint density at radius 2 is 2.16 bits per heavy atom. The Balaban J connectivity index is 2.13. The number of hydrogen-bond donors (Lipinski definition) is 1. The summed E-state index contributed by atoms with van der Waals surface area (Å²) in [7, 11) is 0. The lowest BCUT2D eigenvalue weighted by molar-refractivity contribution is 0.300. The van der Waals surface area contributed by atoms with Crippen LogP contribution in [0.5, 0.6) is 5.75 Å². The van der Waals surface area contributed by atoms with E-state index >= 15 is 0 Å². The summed E-state index contributed by atoms with van der Waals surface area (Å²) in [4.78, 5) is 0. The second-order valence-electron chi connectivity index (χ2n) is 4.86. The van der Waals surface area contributed by atoms with Crippen molar-refractivity contribution in [3.8, 4) is 5.75 Å². The van der Waals surface area contributed by atoms with Gasteiger partial charge < -0.3 is 10.5 Å². The molecule has 3 heteroatoms. The number of nitrogens with two attached hydrogens (primary N) is 1. The van der Waals surface area contributed by atoms with Crippen LogP contribution in [0.1, 0.15) is 30.0 Å². The van der Waals surface area contributed by atoms with Crippen LogP contribution < -0.4 is 10.5 Å². The highest BCUT2D eigenvalue weighted by Crippen LogP contribution is 2.26. The zero-order valence-electron chi connectivity index (χ0n) is 11.6. The molecular weight excluding hydrogens is 254 g/mol. The Hall–Kier alpha value is -1.32. The maximum atomic E-state index is 6.06. The van der Waals surface area contributed by atoms with Crippen molar-refractivity contribution in [3.63, 3.8) is 0 Å². The summed E-state index contributed by atoms with van der Waals surface area (Å²) in [5.41, 5.74) is 9.67. The third-order valence-electron chi connectivity index (χ3n) is 3.26. The third kappa shape index (κ3) is 3.82. The van der Waals surface area contributed by atoms with Crippen LogP contribution in [0.2, 0.25) is 0 Å². The van der Waals surface area contributed by atoms with E-state index in [4.69, 9.17) is 10.5 Å². The van der Waals surface area contributed by atoms with Crippen molar-refractivity contribution >= 4 is 11.3 Å². The molecule has 0 aliphatic rings. The van der Waals surface area contributed by atoms with Crippen LogP contribution in [0, 0.1) is 6.92 Å². The molecule has 1 aromatic carbocycles. The second kappa shape index (κ2) is 6.73. The van der Waals surface area contributed by atoms with Gasteiger partial charge in [-0.3, -0.25) is 0 Å². The monoisotopic (exact) mass is 275 g/mol. The van der Waals surface area contributed by atoms with E-state index in [0.29, 0.717) is 6.61 Å². The highest BCUT2D eigenvalue weighted by molar-refractivity contribution is 7.07. The highest BCUT2D eigenvalue weighted by Gasteiger charge is 2.10. The molecule has 2 nitrogen and oxygen atoms in total. The molecule has 1 unspecified atom stereocenters. The molecule has 0 bridgehead atoms. The number of thiophene rings is 1. The van der Waals surface area contributed by atoms with Gasteiger partial charge in [-0.2, -0.15) is 11.3 Å². The Kier molecular flexibility index (Phi) is 5.00. The van der Waals surface area contributed by atoms with Gasteiger partial charge in [-0.25, -0.2) is 0 Å². The van der Waals surface area contributed by atoms with E-state index < -0.39 is 0 Å². The fourth-order valence-corrected chi connectivity index (χ4v) is 2.69. The smallest absolute Gasteiger partial charge is 0.125 e. The van der Waals surface area contributed by atoms with Crippen LogP contribution in [0.15, 0.2) is 35.0 Å². The average molecular weight is 275 g/mol. The number of rotatable bonds is 6. The molecule has 0 fully saturated rings. The van der Waals surface area contributed by atoms with Crippen LogP contribution in [-0.4, -0.2) is 6.04 Å². The summed E-state index contributed by atoms with van der Waals surface area (Å²) in [6.45, 7) is 4.83. The van der Waals surface area contributed by atoms with Crippen LogP contribution >= 0.6 is 11.3 Å². The first-order valence-electron chi connectivity index (χ1n) is 6.68. The normalized spacial score (nSPS) is 12.4. The van der Waals surface area contributed by atoms with Crippen molar-refractivity contribution in [1.29, 1.82) is 0 Å². The van der Waals surface area contributed by atoms with Crippen molar-refractivity contribution in [3.05, 3.63) is 51.7 Å². The molecule has 1 atom stereocenters. The lowest BCUT2D eigenvalue weighted by Crippen LogP contribution is -2.21. The van der Waals surface area contributed by atoms with Crippen molar-refractivity contribution in [2.75, 3.05) is 0 Å². The Labute approximate surface area is 119 Å². The summed E-state index contributed by atoms with van der Waals surface area (Å²) in [5, 5.41) is 4.19. The molecule has 0 saturated heterocycles. The second-order valence-corrected chi connectivity index (χ2v) is 5.64. The van der Waals surface area contributed by atoms with E-state index in [0.717, 1.165) is 18.6 Å². The Bertz CT molecular complexity index is 507. The Morgan fingerprint density at radius 1 is 1.32 bits per heavy atom. The zero-order chi connectivity index (χ0) is 13.7. The number of ether oxygens (including phenoxy) is 1. The molecule has 102 valence electrons. The van der Waals surface area contributed by atoms with Crippen LogP contribution in [-0.2, 0) is 13.0 Å². The summed E-state index contributed by atoms with van der Waals surface area (Å²) >= 11 is 1.70. The fourth-order valence-electron chi connectivity index (χ4n) is 2.04. The van der Waals surface area contributed by atoms with Gasteiger partial charge in [0.15, 0.2) is 0 Å². The van der Waals surface area contributed by atoms with E-state index in [1.165, 1.54) is 16.7 Å². The van der Waals surface area contributed by atoms with Gasteiger partial charge >= 0.3 is 0 Å². The fraction of sp³-hybridized carbons (Fsp3) is 0.375. The SMILES string of the molecule is CCC(N)Cc1cccc(C)c1OCc1ccsc1. The molecule has 2 N–H and O–H groups in total. The van der Waals surface area contributed by atoms with Crippen molar-refractivity contribution in [1.82, 2.24) is 0 Å². The summed E-state index contributed by atoms with van der Waals surface area (Å²) in [6.07, 6.45) is 1.86. The average Bonchev–Trinajstić information content (AvgIpc) is 2.91. The largest absolute Gasteiger partial charge is 0.488 e. The maximum absolute atomic E-state index is 6.06. The van der Waals surface area contributed by atoms with Gasteiger partial charge in [-0.05, 0) is 53.3 Å². The molecule has 0 aliphatic heterocycles. The molecular formula is C16H21NOS.